The number of nitrogens with two attached hydrogens (primary N) is 1. The third-order valence-electron chi connectivity index (χ3n) is 3.88. The van der Waals surface area contributed by atoms with Crippen LogP contribution in [0.3, 0.4) is 0 Å². The van der Waals surface area contributed by atoms with Gasteiger partial charge in [0, 0.05) is 5.69 Å². The monoisotopic (exact) mass is 283 g/mol. The van der Waals surface area contributed by atoms with Gasteiger partial charge in [0.2, 0.25) is 0 Å². The Morgan fingerprint density at radius 3 is 2.57 bits per heavy atom. The Bertz CT molecular complexity index is 692. The number of halogens is 1. The molecule has 0 saturated heterocycles. The summed E-state index contributed by atoms with van der Waals surface area (Å²) in [6.07, 6.45) is 0. The lowest BCUT2D eigenvalue weighted by Gasteiger charge is -2.28. The van der Waals surface area contributed by atoms with E-state index < -0.39 is 0 Å². The molecule has 0 amide bonds. The van der Waals surface area contributed by atoms with Crippen LogP contribution in [0.1, 0.15) is 22.7 Å². The van der Waals surface area contributed by atoms with Crippen molar-refractivity contribution in [2.45, 2.75) is 19.9 Å². The first-order chi connectivity index (χ1) is 10.1. The number of guanidine groups is 1. The van der Waals surface area contributed by atoms with Crippen LogP contribution in [0.4, 0.5) is 10.1 Å². The van der Waals surface area contributed by atoms with Crippen LogP contribution in [0.25, 0.3) is 0 Å². The molecule has 1 aliphatic heterocycles. The zero-order chi connectivity index (χ0) is 15.0. The van der Waals surface area contributed by atoms with Gasteiger partial charge in [-0.25, -0.2) is 4.39 Å². The highest BCUT2D eigenvalue weighted by Crippen LogP contribution is 2.33. The molecule has 2 aromatic carbocycles. The summed E-state index contributed by atoms with van der Waals surface area (Å²) in [4.78, 5) is 6.34. The van der Waals surface area contributed by atoms with Crippen molar-refractivity contribution in [1.82, 2.24) is 0 Å². The predicted octanol–water partition coefficient (Wildman–Crippen LogP) is 3.32. The Morgan fingerprint density at radius 2 is 1.86 bits per heavy atom. The molecule has 0 spiro atoms. The molecule has 3 nitrogen and oxygen atoms in total. The van der Waals surface area contributed by atoms with Crippen LogP contribution in [0.2, 0.25) is 0 Å². The standard InChI is InChI=1S/C17H18FN3/c1-11-3-4-12(2)15(9-11)16-10-20-17(19)21(16)14-7-5-13(18)6-8-14/h3-9,16H,10H2,1-2H3,(H2,19,20). The summed E-state index contributed by atoms with van der Waals surface area (Å²) >= 11 is 0. The minimum absolute atomic E-state index is 0.0651. The maximum Gasteiger partial charge on any atom is 0.196 e. The Balaban J connectivity index is 2.02. The average Bonchev–Trinajstić information content (AvgIpc) is 2.84. The minimum Gasteiger partial charge on any atom is -0.369 e. The van der Waals surface area contributed by atoms with Gasteiger partial charge < -0.3 is 10.6 Å². The van der Waals surface area contributed by atoms with Crippen molar-refractivity contribution in [3.05, 3.63) is 65.0 Å². The van der Waals surface area contributed by atoms with Gasteiger partial charge in [-0.2, -0.15) is 0 Å². The summed E-state index contributed by atoms with van der Waals surface area (Å²) < 4.78 is 13.1. The summed E-state index contributed by atoms with van der Waals surface area (Å²) in [6, 6.07) is 12.8. The zero-order valence-electron chi connectivity index (χ0n) is 12.2. The van der Waals surface area contributed by atoms with Gasteiger partial charge in [-0.05, 0) is 49.2 Å². The Morgan fingerprint density at radius 1 is 1.14 bits per heavy atom. The van der Waals surface area contributed by atoms with E-state index >= 15 is 0 Å². The molecule has 0 saturated carbocycles. The van der Waals surface area contributed by atoms with E-state index in [4.69, 9.17) is 5.73 Å². The topological polar surface area (TPSA) is 41.6 Å². The van der Waals surface area contributed by atoms with Gasteiger partial charge in [-0.3, -0.25) is 4.99 Å². The number of aryl methyl sites for hydroxylation is 2. The Labute approximate surface area is 123 Å². The van der Waals surface area contributed by atoms with Gasteiger partial charge in [0.05, 0.1) is 12.6 Å². The Hall–Kier alpha value is -2.36. The second-order valence-electron chi connectivity index (χ2n) is 5.42. The van der Waals surface area contributed by atoms with E-state index in [1.54, 1.807) is 12.1 Å². The number of hydrogen-bond acceptors (Lipinski definition) is 3. The maximum absolute atomic E-state index is 13.1. The van der Waals surface area contributed by atoms with Gasteiger partial charge in [0.1, 0.15) is 5.82 Å². The molecule has 108 valence electrons. The van der Waals surface area contributed by atoms with Gasteiger partial charge in [0.15, 0.2) is 5.96 Å². The fourth-order valence-corrected chi connectivity index (χ4v) is 2.77. The van der Waals surface area contributed by atoms with Crippen LogP contribution in [0.15, 0.2) is 47.5 Å². The SMILES string of the molecule is Cc1ccc(C)c(C2CN=C(N)N2c2ccc(F)cc2)c1. The van der Waals surface area contributed by atoms with E-state index in [2.05, 4.69) is 37.0 Å². The molecular weight excluding hydrogens is 265 g/mol. The van der Waals surface area contributed by atoms with Crippen LogP contribution < -0.4 is 10.6 Å². The zero-order valence-corrected chi connectivity index (χ0v) is 12.2. The van der Waals surface area contributed by atoms with Crippen molar-refractivity contribution >= 4 is 11.6 Å². The highest BCUT2D eigenvalue weighted by Gasteiger charge is 2.29. The quantitative estimate of drug-likeness (QED) is 0.918. The molecular formula is C17H18FN3. The third-order valence-corrected chi connectivity index (χ3v) is 3.88. The number of hydrogen-bond donors (Lipinski definition) is 1. The first-order valence-corrected chi connectivity index (χ1v) is 6.98. The fraction of sp³-hybridized carbons (Fsp3) is 0.235. The van der Waals surface area contributed by atoms with Crippen LogP contribution >= 0.6 is 0 Å². The number of nitrogens with zero attached hydrogens (tertiary/aromatic N) is 2. The highest BCUT2D eigenvalue weighted by molar-refractivity contribution is 5.97. The van der Waals surface area contributed by atoms with Crippen molar-refractivity contribution in [3.8, 4) is 0 Å². The maximum atomic E-state index is 13.1. The van der Waals surface area contributed by atoms with Gasteiger partial charge in [-0.1, -0.05) is 23.8 Å². The lowest BCUT2D eigenvalue weighted by atomic mass is 9.98. The first kappa shape index (κ1) is 13.6. The van der Waals surface area contributed by atoms with Crippen molar-refractivity contribution in [2.24, 2.45) is 10.7 Å². The third kappa shape index (κ3) is 2.49. The minimum atomic E-state index is -0.253. The lowest BCUT2D eigenvalue weighted by molar-refractivity contribution is 0.627. The van der Waals surface area contributed by atoms with Crippen molar-refractivity contribution in [1.29, 1.82) is 0 Å². The second-order valence-corrected chi connectivity index (χ2v) is 5.42. The van der Waals surface area contributed by atoms with Crippen LogP contribution in [-0.2, 0) is 0 Å². The molecule has 0 radical (unpaired) electrons. The number of aliphatic imine (C=N–C) groups is 1. The van der Waals surface area contributed by atoms with Crippen molar-refractivity contribution < 1.29 is 4.39 Å². The van der Waals surface area contributed by atoms with Crippen molar-refractivity contribution in [2.75, 3.05) is 11.4 Å². The molecule has 0 aliphatic carbocycles. The van der Waals surface area contributed by atoms with Gasteiger partial charge in [-0.15, -0.1) is 0 Å². The molecule has 0 fully saturated rings. The normalized spacial score (nSPS) is 18.0. The van der Waals surface area contributed by atoms with E-state index in [-0.39, 0.29) is 11.9 Å². The van der Waals surface area contributed by atoms with E-state index in [1.165, 1.54) is 28.8 Å². The predicted molar refractivity (Wildman–Crippen MR) is 84.0 cm³/mol. The molecule has 1 unspecified atom stereocenters. The van der Waals surface area contributed by atoms with Crippen LogP contribution in [0, 0.1) is 19.7 Å². The molecule has 1 heterocycles. The molecule has 0 bridgehead atoms. The molecule has 1 aliphatic rings. The van der Waals surface area contributed by atoms with E-state index in [1.807, 2.05) is 4.90 Å². The first-order valence-electron chi connectivity index (χ1n) is 6.98. The molecule has 2 N–H and O–H groups in total. The fourth-order valence-electron chi connectivity index (χ4n) is 2.77. The van der Waals surface area contributed by atoms with Crippen LogP contribution in [0.5, 0.6) is 0 Å². The molecule has 0 aromatic heterocycles. The molecule has 21 heavy (non-hydrogen) atoms. The molecule has 1 atom stereocenters. The Kier molecular flexibility index (Phi) is 3.37. The largest absolute Gasteiger partial charge is 0.369 e. The van der Waals surface area contributed by atoms with Crippen LogP contribution in [-0.4, -0.2) is 12.5 Å². The summed E-state index contributed by atoms with van der Waals surface area (Å²) in [5, 5.41) is 0. The summed E-state index contributed by atoms with van der Waals surface area (Å²) in [5.74, 6) is 0.226. The number of anilines is 1. The van der Waals surface area contributed by atoms with E-state index in [9.17, 15) is 4.39 Å². The highest BCUT2D eigenvalue weighted by atomic mass is 19.1. The van der Waals surface area contributed by atoms with Gasteiger partial charge in [0.25, 0.3) is 0 Å². The lowest BCUT2D eigenvalue weighted by Crippen LogP contribution is -2.36. The molecule has 2 aromatic rings. The molecule has 4 heteroatoms. The molecule has 3 rings (SSSR count). The number of rotatable bonds is 2. The number of benzene rings is 2. The second kappa shape index (κ2) is 5.20. The summed E-state index contributed by atoms with van der Waals surface area (Å²) in [7, 11) is 0. The summed E-state index contributed by atoms with van der Waals surface area (Å²) in [6.45, 7) is 4.78. The van der Waals surface area contributed by atoms with E-state index in [0.717, 1.165) is 5.69 Å². The average molecular weight is 283 g/mol. The van der Waals surface area contributed by atoms with Gasteiger partial charge >= 0.3 is 0 Å². The summed E-state index contributed by atoms with van der Waals surface area (Å²) in [5.41, 5.74) is 10.5. The van der Waals surface area contributed by atoms with Crippen molar-refractivity contribution in [3.63, 3.8) is 0 Å². The van der Waals surface area contributed by atoms with E-state index in [0.29, 0.717) is 12.5 Å². The smallest absolute Gasteiger partial charge is 0.196 e.